The number of ether oxygens (including phenoxy) is 1. The third-order valence-corrected chi connectivity index (χ3v) is 5.81. The Bertz CT molecular complexity index is 1060. The molecule has 0 spiro atoms. The Morgan fingerprint density at radius 2 is 1.73 bits per heavy atom. The summed E-state index contributed by atoms with van der Waals surface area (Å²) in [6.45, 7) is 2.69. The highest BCUT2D eigenvalue weighted by Crippen LogP contribution is 2.23. The number of likely N-dealkylation sites (N-methyl/N-ethyl adjacent to an activating group) is 1. The minimum absolute atomic E-state index is 0.0999. The largest absolute Gasteiger partial charge is 0.495 e. The second kappa shape index (κ2) is 12.6. The number of hydrogen-bond donors (Lipinski definition) is 2. The van der Waals surface area contributed by atoms with Crippen molar-refractivity contribution >= 4 is 35.0 Å². The summed E-state index contributed by atoms with van der Waals surface area (Å²) in [6.07, 6.45) is 1.77. The Balaban J connectivity index is 1.50. The zero-order valence-electron chi connectivity index (χ0n) is 18.8. The number of para-hydroxylation sites is 2. The summed E-state index contributed by atoms with van der Waals surface area (Å²) >= 11 is 1.64. The molecule has 2 amide bonds. The lowest BCUT2D eigenvalue weighted by Crippen LogP contribution is -2.38. The van der Waals surface area contributed by atoms with Crippen molar-refractivity contribution in [2.75, 3.05) is 37.4 Å². The predicted molar refractivity (Wildman–Crippen MR) is 133 cm³/mol. The van der Waals surface area contributed by atoms with E-state index in [-0.39, 0.29) is 24.9 Å². The third-order valence-electron chi connectivity index (χ3n) is 4.80. The molecule has 0 bridgehead atoms. The Hall–Kier alpha value is -3.36. The van der Waals surface area contributed by atoms with Gasteiger partial charge in [-0.05, 0) is 48.5 Å². The monoisotopic (exact) mass is 464 g/mol. The molecule has 33 heavy (non-hydrogen) atoms. The number of hydrogen-bond acceptors (Lipinski definition) is 6. The molecule has 0 atom stereocenters. The van der Waals surface area contributed by atoms with Gasteiger partial charge in [0.1, 0.15) is 5.75 Å². The van der Waals surface area contributed by atoms with Gasteiger partial charge in [0.05, 0.1) is 30.9 Å². The Kier molecular flexibility index (Phi) is 9.29. The number of carbonyl (C=O) groups is 2. The van der Waals surface area contributed by atoms with E-state index in [4.69, 9.17) is 4.74 Å². The molecule has 0 unspecified atom stereocenters. The fourth-order valence-electron chi connectivity index (χ4n) is 3.15. The number of nitrogens with zero attached hydrogens (tertiary/aromatic N) is 2. The molecule has 3 rings (SSSR count). The van der Waals surface area contributed by atoms with Crippen LogP contribution in [0.1, 0.15) is 12.5 Å². The third kappa shape index (κ3) is 7.93. The van der Waals surface area contributed by atoms with Crippen molar-refractivity contribution < 1.29 is 14.3 Å². The second-order valence-corrected chi connectivity index (χ2v) is 8.25. The molecule has 2 aromatic carbocycles. The van der Waals surface area contributed by atoms with Gasteiger partial charge in [-0.15, -0.1) is 11.8 Å². The minimum atomic E-state index is -0.206. The zero-order valence-corrected chi connectivity index (χ0v) is 19.6. The summed E-state index contributed by atoms with van der Waals surface area (Å²) < 4.78 is 5.26. The smallest absolute Gasteiger partial charge is 0.238 e. The number of nitrogens with one attached hydrogen (secondary N) is 2. The van der Waals surface area contributed by atoms with E-state index < -0.39 is 0 Å². The summed E-state index contributed by atoms with van der Waals surface area (Å²) in [6, 6.07) is 20.8. The van der Waals surface area contributed by atoms with Crippen molar-refractivity contribution in [3.05, 3.63) is 78.5 Å². The fourth-order valence-corrected chi connectivity index (χ4v) is 3.96. The van der Waals surface area contributed by atoms with E-state index in [1.807, 2.05) is 61.5 Å². The number of carbonyl (C=O) groups excluding carboxylic acids is 2. The van der Waals surface area contributed by atoms with Crippen LogP contribution in [-0.4, -0.2) is 48.4 Å². The van der Waals surface area contributed by atoms with Crippen LogP contribution in [0.2, 0.25) is 0 Å². The highest BCUT2D eigenvalue weighted by atomic mass is 32.2. The van der Waals surface area contributed by atoms with Gasteiger partial charge < -0.3 is 15.4 Å². The maximum atomic E-state index is 12.6. The highest BCUT2D eigenvalue weighted by molar-refractivity contribution is 7.98. The van der Waals surface area contributed by atoms with Gasteiger partial charge in [0.25, 0.3) is 0 Å². The summed E-state index contributed by atoms with van der Waals surface area (Å²) in [4.78, 5) is 31.2. The molecule has 0 radical (unpaired) electrons. The van der Waals surface area contributed by atoms with E-state index in [2.05, 4.69) is 15.6 Å². The first-order valence-corrected chi connectivity index (χ1v) is 11.6. The van der Waals surface area contributed by atoms with Gasteiger partial charge in [-0.25, -0.2) is 4.98 Å². The predicted octanol–water partition coefficient (Wildman–Crippen LogP) is 4.28. The molecule has 172 valence electrons. The van der Waals surface area contributed by atoms with Gasteiger partial charge in [-0.1, -0.05) is 37.3 Å². The van der Waals surface area contributed by atoms with Crippen LogP contribution in [0.5, 0.6) is 5.75 Å². The van der Waals surface area contributed by atoms with Crippen LogP contribution < -0.4 is 15.4 Å². The SMILES string of the molecule is CCN(CC(=O)Nc1cccc(CSc2ccccn2)c1)CC(=O)Nc1ccccc1OC. The number of pyridine rings is 1. The molecule has 7 nitrogen and oxygen atoms in total. The molecule has 0 saturated carbocycles. The van der Waals surface area contributed by atoms with E-state index in [0.29, 0.717) is 18.0 Å². The first-order chi connectivity index (χ1) is 16.1. The Labute approximate surface area is 198 Å². The standard InChI is InChI=1S/C25H28N4O3S/c1-3-29(17-24(31)28-21-11-4-5-12-22(21)32-2)16-23(30)27-20-10-8-9-19(15-20)18-33-25-13-6-7-14-26-25/h4-15H,3,16-18H2,1-2H3,(H,27,30)(H,28,31). The molecule has 0 aliphatic heterocycles. The fraction of sp³-hybridized carbons (Fsp3) is 0.240. The molecule has 2 N–H and O–H groups in total. The summed E-state index contributed by atoms with van der Waals surface area (Å²) in [7, 11) is 1.56. The van der Waals surface area contributed by atoms with Gasteiger partial charge in [-0.3, -0.25) is 14.5 Å². The molecule has 0 aliphatic carbocycles. The lowest BCUT2D eigenvalue weighted by Gasteiger charge is -2.20. The molecule has 8 heteroatoms. The normalized spacial score (nSPS) is 10.6. The quantitative estimate of drug-likeness (QED) is 0.412. The molecule has 1 aromatic heterocycles. The molecular weight excluding hydrogens is 436 g/mol. The van der Waals surface area contributed by atoms with E-state index in [1.165, 1.54) is 0 Å². The number of amides is 2. The van der Waals surface area contributed by atoms with E-state index in [9.17, 15) is 9.59 Å². The first kappa shape index (κ1) is 24.3. The molecule has 0 fully saturated rings. The van der Waals surface area contributed by atoms with Crippen molar-refractivity contribution in [1.29, 1.82) is 0 Å². The van der Waals surface area contributed by atoms with E-state index in [0.717, 1.165) is 22.0 Å². The number of anilines is 2. The van der Waals surface area contributed by atoms with Crippen LogP contribution in [0.25, 0.3) is 0 Å². The van der Waals surface area contributed by atoms with Crippen LogP contribution in [0.15, 0.2) is 78.0 Å². The van der Waals surface area contributed by atoms with Crippen molar-refractivity contribution in [3.63, 3.8) is 0 Å². The van der Waals surface area contributed by atoms with Crippen LogP contribution in [0.4, 0.5) is 11.4 Å². The van der Waals surface area contributed by atoms with Crippen LogP contribution in [-0.2, 0) is 15.3 Å². The maximum absolute atomic E-state index is 12.6. The highest BCUT2D eigenvalue weighted by Gasteiger charge is 2.15. The molecule has 0 saturated heterocycles. The average Bonchev–Trinajstić information content (AvgIpc) is 2.83. The van der Waals surface area contributed by atoms with Crippen molar-refractivity contribution in [2.24, 2.45) is 0 Å². The summed E-state index contributed by atoms with van der Waals surface area (Å²) in [5.41, 5.74) is 2.42. The first-order valence-electron chi connectivity index (χ1n) is 10.6. The number of methoxy groups -OCH3 is 1. The average molecular weight is 465 g/mol. The summed E-state index contributed by atoms with van der Waals surface area (Å²) in [5, 5.41) is 6.72. The number of benzene rings is 2. The van der Waals surface area contributed by atoms with Crippen molar-refractivity contribution in [1.82, 2.24) is 9.88 Å². The van der Waals surface area contributed by atoms with Crippen LogP contribution in [0, 0.1) is 0 Å². The lowest BCUT2D eigenvalue weighted by molar-refractivity contribution is -0.119. The molecule has 1 heterocycles. The topological polar surface area (TPSA) is 83.6 Å². The molecule has 3 aromatic rings. The van der Waals surface area contributed by atoms with Crippen LogP contribution in [0.3, 0.4) is 0 Å². The second-order valence-electron chi connectivity index (χ2n) is 7.26. The van der Waals surface area contributed by atoms with Gasteiger partial charge in [-0.2, -0.15) is 0 Å². The van der Waals surface area contributed by atoms with Gasteiger partial charge >= 0.3 is 0 Å². The number of aromatic nitrogens is 1. The zero-order chi connectivity index (χ0) is 23.5. The van der Waals surface area contributed by atoms with E-state index >= 15 is 0 Å². The van der Waals surface area contributed by atoms with Crippen molar-refractivity contribution in [3.8, 4) is 5.75 Å². The maximum Gasteiger partial charge on any atom is 0.238 e. The Morgan fingerprint density at radius 1 is 0.970 bits per heavy atom. The Morgan fingerprint density at radius 3 is 2.45 bits per heavy atom. The lowest BCUT2D eigenvalue weighted by atomic mass is 10.2. The minimum Gasteiger partial charge on any atom is -0.495 e. The summed E-state index contributed by atoms with van der Waals surface area (Å²) in [5.74, 6) is 0.970. The molecular formula is C25H28N4O3S. The van der Waals surface area contributed by atoms with Crippen LogP contribution >= 0.6 is 11.8 Å². The number of thioether (sulfide) groups is 1. The van der Waals surface area contributed by atoms with Gasteiger partial charge in [0, 0.05) is 17.6 Å². The number of rotatable bonds is 11. The van der Waals surface area contributed by atoms with Gasteiger partial charge in [0.2, 0.25) is 11.8 Å². The molecule has 0 aliphatic rings. The van der Waals surface area contributed by atoms with Crippen molar-refractivity contribution in [2.45, 2.75) is 17.7 Å². The van der Waals surface area contributed by atoms with E-state index in [1.54, 1.807) is 42.1 Å². The van der Waals surface area contributed by atoms with Gasteiger partial charge in [0.15, 0.2) is 0 Å².